The van der Waals surface area contributed by atoms with Gasteiger partial charge in [0.1, 0.15) is 6.54 Å². The van der Waals surface area contributed by atoms with Gasteiger partial charge in [0.2, 0.25) is 5.91 Å². The molecule has 0 aromatic heterocycles. The van der Waals surface area contributed by atoms with Gasteiger partial charge in [-0.25, -0.2) is 4.79 Å². The maximum Gasteiger partial charge on any atom is 0.343 e. The standard InChI is InChI=1S/C27H21BrN2O6S/c1-16-6-9-20(10-7-16)29-24(31)15-30-25(32)23(37-27(30)34)13-17-8-11-21(22(12-17)35-2)36-26(33)18-4-3-5-19(28)14-18/h3-14H,15H2,1-2H3,(H,29,31)/b23-13-. The molecular weight excluding hydrogens is 560 g/mol. The number of carbonyl (C=O) groups excluding carboxylic acids is 4. The lowest BCUT2D eigenvalue weighted by Crippen LogP contribution is -2.36. The molecule has 0 radical (unpaired) electrons. The summed E-state index contributed by atoms with van der Waals surface area (Å²) in [5, 5.41) is 2.14. The summed E-state index contributed by atoms with van der Waals surface area (Å²) >= 11 is 4.06. The van der Waals surface area contributed by atoms with Gasteiger partial charge in [-0.2, -0.15) is 0 Å². The zero-order chi connectivity index (χ0) is 26.5. The summed E-state index contributed by atoms with van der Waals surface area (Å²) in [6.07, 6.45) is 1.52. The van der Waals surface area contributed by atoms with Crippen LogP contribution in [0, 0.1) is 6.92 Å². The topological polar surface area (TPSA) is 102 Å². The van der Waals surface area contributed by atoms with Crippen LogP contribution in [0.2, 0.25) is 0 Å². The van der Waals surface area contributed by atoms with Crippen molar-refractivity contribution in [1.29, 1.82) is 0 Å². The fourth-order valence-electron chi connectivity index (χ4n) is 3.40. The third-order valence-corrected chi connectivity index (χ3v) is 6.66. The van der Waals surface area contributed by atoms with Crippen molar-refractivity contribution in [1.82, 2.24) is 4.90 Å². The summed E-state index contributed by atoms with van der Waals surface area (Å²) in [6, 6.07) is 18.7. The van der Waals surface area contributed by atoms with Gasteiger partial charge in [-0.15, -0.1) is 0 Å². The second-order valence-electron chi connectivity index (χ2n) is 7.99. The summed E-state index contributed by atoms with van der Waals surface area (Å²) in [7, 11) is 1.43. The molecule has 0 bridgehead atoms. The molecule has 37 heavy (non-hydrogen) atoms. The zero-order valence-electron chi connectivity index (χ0n) is 19.8. The Morgan fingerprint density at radius 2 is 1.78 bits per heavy atom. The molecule has 10 heteroatoms. The van der Waals surface area contributed by atoms with Crippen molar-refractivity contribution in [3.8, 4) is 11.5 Å². The van der Waals surface area contributed by atoms with Crippen molar-refractivity contribution in [3.05, 3.63) is 92.8 Å². The molecule has 0 spiro atoms. The SMILES string of the molecule is COc1cc(/C=C2\SC(=O)N(CC(=O)Nc3ccc(C)cc3)C2=O)ccc1OC(=O)c1cccc(Br)c1. The third kappa shape index (κ3) is 6.46. The zero-order valence-corrected chi connectivity index (χ0v) is 22.2. The minimum atomic E-state index is -0.571. The number of methoxy groups -OCH3 is 1. The van der Waals surface area contributed by atoms with Crippen molar-refractivity contribution >= 4 is 62.5 Å². The number of nitrogens with one attached hydrogen (secondary N) is 1. The van der Waals surface area contributed by atoms with Crippen LogP contribution in [0.5, 0.6) is 11.5 Å². The van der Waals surface area contributed by atoms with E-state index in [0.29, 0.717) is 16.8 Å². The van der Waals surface area contributed by atoms with Crippen LogP contribution in [0.15, 0.2) is 76.1 Å². The van der Waals surface area contributed by atoms with Gasteiger partial charge in [-0.3, -0.25) is 19.3 Å². The van der Waals surface area contributed by atoms with Gasteiger partial charge in [-0.05, 0) is 72.8 Å². The van der Waals surface area contributed by atoms with E-state index >= 15 is 0 Å². The Labute approximate surface area is 225 Å². The van der Waals surface area contributed by atoms with Crippen molar-refractivity contribution in [2.45, 2.75) is 6.92 Å². The number of aryl methyl sites for hydroxylation is 1. The highest BCUT2D eigenvalue weighted by Gasteiger charge is 2.36. The second-order valence-corrected chi connectivity index (χ2v) is 9.90. The average molecular weight is 581 g/mol. The number of ether oxygens (including phenoxy) is 2. The van der Waals surface area contributed by atoms with Gasteiger partial charge < -0.3 is 14.8 Å². The van der Waals surface area contributed by atoms with E-state index in [-0.39, 0.29) is 16.4 Å². The number of benzene rings is 3. The maximum atomic E-state index is 12.8. The van der Waals surface area contributed by atoms with Gasteiger partial charge in [0, 0.05) is 10.2 Å². The Balaban J connectivity index is 1.45. The van der Waals surface area contributed by atoms with Crippen LogP contribution in [0.1, 0.15) is 21.5 Å². The summed E-state index contributed by atoms with van der Waals surface area (Å²) in [4.78, 5) is 51.2. The van der Waals surface area contributed by atoms with Crippen LogP contribution < -0.4 is 14.8 Å². The number of thioether (sulfide) groups is 1. The van der Waals surface area contributed by atoms with Gasteiger partial charge >= 0.3 is 5.97 Å². The number of carbonyl (C=O) groups is 4. The van der Waals surface area contributed by atoms with Crippen LogP contribution in [0.25, 0.3) is 6.08 Å². The molecule has 1 saturated heterocycles. The average Bonchev–Trinajstić information content (AvgIpc) is 3.13. The van der Waals surface area contributed by atoms with Crippen molar-refractivity contribution in [2.75, 3.05) is 19.0 Å². The predicted molar refractivity (Wildman–Crippen MR) is 145 cm³/mol. The lowest BCUT2D eigenvalue weighted by molar-refractivity contribution is -0.127. The number of hydrogen-bond acceptors (Lipinski definition) is 7. The van der Waals surface area contributed by atoms with E-state index in [4.69, 9.17) is 9.47 Å². The number of rotatable bonds is 7. The molecule has 1 aliphatic heterocycles. The second kappa shape index (κ2) is 11.4. The number of esters is 1. The Morgan fingerprint density at radius 3 is 2.49 bits per heavy atom. The molecule has 3 amide bonds. The molecule has 8 nitrogen and oxygen atoms in total. The number of halogens is 1. The van der Waals surface area contributed by atoms with E-state index in [1.165, 1.54) is 13.2 Å². The number of anilines is 1. The first kappa shape index (κ1) is 26.2. The van der Waals surface area contributed by atoms with Gasteiger partial charge in [0.15, 0.2) is 11.5 Å². The van der Waals surface area contributed by atoms with E-state index in [2.05, 4.69) is 21.2 Å². The Morgan fingerprint density at radius 1 is 1.03 bits per heavy atom. The first-order valence-electron chi connectivity index (χ1n) is 11.0. The van der Waals surface area contributed by atoms with Gasteiger partial charge in [0.25, 0.3) is 11.1 Å². The summed E-state index contributed by atoms with van der Waals surface area (Å²) in [5.74, 6) is -1.14. The number of nitrogens with zero attached hydrogens (tertiary/aromatic N) is 1. The fraction of sp³-hybridized carbons (Fsp3) is 0.111. The smallest absolute Gasteiger partial charge is 0.343 e. The van der Waals surface area contributed by atoms with Crippen LogP contribution in [0.3, 0.4) is 0 Å². The molecule has 0 saturated carbocycles. The quantitative estimate of drug-likeness (QED) is 0.218. The highest BCUT2D eigenvalue weighted by Crippen LogP contribution is 2.35. The molecule has 1 heterocycles. The van der Waals surface area contributed by atoms with Crippen LogP contribution >= 0.6 is 27.7 Å². The van der Waals surface area contributed by atoms with Gasteiger partial charge in [-0.1, -0.05) is 45.8 Å². The Bertz CT molecular complexity index is 1420. The first-order valence-corrected chi connectivity index (χ1v) is 12.6. The van der Waals surface area contributed by atoms with Crippen LogP contribution in [0.4, 0.5) is 10.5 Å². The van der Waals surface area contributed by atoms with Crippen LogP contribution in [-0.4, -0.2) is 41.6 Å². The van der Waals surface area contributed by atoms with E-state index in [0.717, 1.165) is 26.7 Å². The third-order valence-electron chi connectivity index (χ3n) is 5.26. The summed E-state index contributed by atoms with van der Waals surface area (Å²) in [6.45, 7) is 1.53. The molecule has 1 aliphatic rings. The molecule has 188 valence electrons. The van der Waals surface area contributed by atoms with Crippen molar-refractivity contribution < 1.29 is 28.7 Å². The molecular formula is C27H21BrN2O6S. The lowest BCUT2D eigenvalue weighted by Gasteiger charge is -2.12. The largest absolute Gasteiger partial charge is 0.493 e. The Kier molecular flexibility index (Phi) is 8.10. The van der Waals surface area contributed by atoms with E-state index in [1.54, 1.807) is 54.6 Å². The van der Waals surface area contributed by atoms with Gasteiger partial charge in [0.05, 0.1) is 17.6 Å². The van der Waals surface area contributed by atoms with Crippen molar-refractivity contribution in [3.63, 3.8) is 0 Å². The molecule has 1 N–H and O–H groups in total. The normalized spacial score (nSPS) is 14.1. The van der Waals surface area contributed by atoms with E-state index < -0.39 is 29.6 Å². The maximum absolute atomic E-state index is 12.8. The highest BCUT2D eigenvalue weighted by molar-refractivity contribution is 9.10. The first-order chi connectivity index (χ1) is 17.7. The molecule has 3 aromatic rings. The van der Waals surface area contributed by atoms with E-state index in [1.807, 2.05) is 19.1 Å². The molecule has 0 aliphatic carbocycles. The van der Waals surface area contributed by atoms with Crippen LogP contribution in [-0.2, 0) is 9.59 Å². The van der Waals surface area contributed by atoms with E-state index in [9.17, 15) is 19.2 Å². The monoisotopic (exact) mass is 580 g/mol. The summed E-state index contributed by atoms with van der Waals surface area (Å²) in [5.41, 5.74) is 2.53. The Hall–Kier alpha value is -3.89. The number of hydrogen-bond donors (Lipinski definition) is 1. The molecule has 1 fully saturated rings. The lowest BCUT2D eigenvalue weighted by atomic mass is 10.1. The van der Waals surface area contributed by atoms with Crippen molar-refractivity contribution in [2.24, 2.45) is 0 Å². The minimum absolute atomic E-state index is 0.161. The summed E-state index contributed by atoms with van der Waals surface area (Å²) < 4.78 is 11.6. The molecule has 0 unspecified atom stereocenters. The highest BCUT2D eigenvalue weighted by atomic mass is 79.9. The molecule has 0 atom stereocenters. The number of amides is 3. The number of imide groups is 1. The molecule has 3 aromatic carbocycles. The minimum Gasteiger partial charge on any atom is -0.493 e. The molecule has 4 rings (SSSR count). The predicted octanol–water partition coefficient (Wildman–Crippen LogP) is 5.66. The fourth-order valence-corrected chi connectivity index (χ4v) is 4.64.